The minimum Gasteiger partial charge on any atom is -0.444 e. The van der Waals surface area contributed by atoms with E-state index in [0.29, 0.717) is 17.1 Å². The van der Waals surface area contributed by atoms with Crippen LogP contribution in [0, 0.1) is 0 Å². The van der Waals surface area contributed by atoms with Crippen molar-refractivity contribution in [1.29, 1.82) is 0 Å². The molecule has 0 spiro atoms. The summed E-state index contributed by atoms with van der Waals surface area (Å²) in [5.74, 6) is -0.300. The number of amides is 2. The molecule has 3 N–H and O–H groups in total. The van der Waals surface area contributed by atoms with Gasteiger partial charge in [0.05, 0.1) is 16.9 Å². The summed E-state index contributed by atoms with van der Waals surface area (Å²) < 4.78 is 6.92. The van der Waals surface area contributed by atoms with Gasteiger partial charge >= 0.3 is 6.09 Å². The summed E-state index contributed by atoms with van der Waals surface area (Å²) in [6.45, 7) is 5.37. The Kier molecular flexibility index (Phi) is 6.23. The number of benzene rings is 2. The van der Waals surface area contributed by atoms with E-state index in [1.165, 1.54) is 0 Å². The first-order valence-electron chi connectivity index (χ1n) is 10.9. The average Bonchev–Trinajstić information content (AvgIpc) is 3.34. The van der Waals surface area contributed by atoms with E-state index in [1.807, 2.05) is 60.7 Å². The van der Waals surface area contributed by atoms with Gasteiger partial charge < -0.3 is 14.6 Å². The van der Waals surface area contributed by atoms with Crippen molar-refractivity contribution in [3.05, 3.63) is 77.7 Å². The van der Waals surface area contributed by atoms with Crippen LogP contribution in [0.15, 0.2) is 60.8 Å². The maximum absolute atomic E-state index is 13.0. The monoisotopic (exact) mass is 457 g/mol. The fourth-order valence-corrected chi connectivity index (χ4v) is 3.50. The average molecular weight is 458 g/mol. The van der Waals surface area contributed by atoms with Crippen LogP contribution in [0.25, 0.3) is 23.1 Å². The van der Waals surface area contributed by atoms with Crippen molar-refractivity contribution in [3.8, 4) is 0 Å². The van der Waals surface area contributed by atoms with Gasteiger partial charge in [0.2, 0.25) is 0 Å². The van der Waals surface area contributed by atoms with Crippen molar-refractivity contribution >= 4 is 46.4 Å². The van der Waals surface area contributed by atoms with Gasteiger partial charge in [-0.1, -0.05) is 42.5 Å². The second-order valence-electron chi connectivity index (χ2n) is 8.88. The molecule has 0 fully saturated rings. The van der Waals surface area contributed by atoms with Crippen molar-refractivity contribution in [2.45, 2.75) is 26.4 Å². The van der Waals surface area contributed by atoms with E-state index in [4.69, 9.17) is 4.74 Å². The fraction of sp³-hybridized carbons (Fsp3) is 0.192. The lowest BCUT2D eigenvalue weighted by Crippen LogP contribution is -2.27. The molecule has 0 bridgehead atoms. The Labute approximate surface area is 197 Å². The molecule has 0 radical (unpaired) electrons. The van der Waals surface area contributed by atoms with Gasteiger partial charge in [0.1, 0.15) is 11.3 Å². The molecule has 4 rings (SSSR count). The van der Waals surface area contributed by atoms with E-state index in [9.17, 15) is 9.59 Å². The molecular weight excluding hydrogens is 430 g/mol. The zero-order valence-corrected chi connectivity index (χ0v) is 19.5. The standard InChI is InChI=1S/C26H27N5O3/c1-26(2,3)34-25(33)27-18-15-23(31(4)16-18)24(32)28-20-11-7-5-9-17(20)13-14-22-19-10-6-8-12-21(19)29-30-22/h5-16H,1-4H3,(H,27,33)(H,28,32)(H,29,30). The number of aryl methyl sites for hydroxylation is 1. The molecule has 34 heavy (non-hydrogen) atoms. The normalized spacial score (nSPS) is 11.6. The number of aromatic amines is 1. The maximum Gasteiger partial charge on any atom is 0.412 e. The van der Waals surface area contributed by atoms with E-state index >= 15 is 0 Å². The molecule has 0 aliphatic heterocycles. The number of nitrogens with zero attached hydrogens (tertiary/aromatic N) is 2. The third-order valence-electron chi connectivity index (χ3n) is 5.01. The van der Waals surface area contributed by atoms with Crippen LogP contribution >= 0.6 is 0 Å². The lowest BCUT2D eigenvalue weighted by molar-refractivity contribution is 0.0635. The summed E-state index contributed by atoms with van der Waals surface area (Å²) in [6.07, 6.45) is 4.91. The van der Waals surface area contributed by atoms with Gasteiger partial charge in [0.25, 0.3) is 5.91 Å². The van der Waals surface area contributed by atoms with Gasteiger partial charge in [-0.3, -0.25) is 15.2 Å². The molecule has 2 heterocycles. The van der Waals surface area contributed by atoms with Crippen molar-refractivity contribution in [3.63, 3.8) is 0 Å². The number of aromatic nitrogens is 3. The maximum atomic E-state index is 13.0. The van der Waals surface area contributed by atoms with Crippen molar-refractivity contribution in [2.75, 3.05) is 10.6 Å². The number of ether oxygens (including phenoxy) is 1. The smallest absolute Gasteiger partial charge is 0.412 e. The van der Waals surface area contributed by atoms with Gasteiger partial charge in [-0.25, -0.2) is 4.79 Å². The van der Waals surface area contributed by atoms with Gasteiger partial charge in [0, 0.05) is 24.3 Å². The Morgan fingerprint density at radius 3 is 2.56 bits per heavy atom. The first kappa shape index (κ1) is 22.8. The molecule has 174 valence electrons. The Hall–Kier alpha value is -4.33. The van der Waals surface area contributed by atoms with Crippen LogP contribution < -0.4 is 10.6 Å². The summed E-state index contributed by atoms with van der Waals surface area (Å²) in [5.41, 5.74) is 3.53. The summed E-state index contributed by atoms with van der Waals surface area (Å²) in [5, 5.41) is 14.0. The van der Waals surface area contributed by atoms with Gasteiger partial charge in [-0.15, -0.1) is 0 Å². The first-order valence-corrected chi connectivity index (χ1v) is 10.9. The van der Waals surface area contributed by atoms with Crippen LogP contribution in [0.5, 0.6) is 0 Å². The van der Waals surface area contributed by atoms with Crippen LogP contribution in [0.1, 0.15) is 42.5 Å². The SMILES string of the molecule is Cn1cc(NC(=O)OC(C)(C)C)cc1C(=O)Nc1ccccc1C=Cc1n[nH]c2ccccc12. The zero-order valence-electron chi connectivity index (χ0n) is 19.5. The molecule has 8 heteroatoms. The Morgan fingerprint density at radius 2 is 1.76 bits per heavy atom. The third-order valence-corrected chi connectivity index (χ3v) is 5.01. The fourth-order valence-electron chi connectivity index (χ4n) is 3.50. The van der Waals surface area contributed by atoms with Crippen LogP contribution in [-0.2, 0) is 11.8 Å². The number of rotatable bonds is 5. The minimum absolute atomic E-state index is 0.300. The zero-order chi connectivity index (χ0) is 24.3. The van der Waals surface area contributed by atoms with E-state index in [1.54, 1.807) is 44.6 Å². The Morgan fingerprint density at radius 1 is 1.03 bits per heavy atom. The number of carbonyl (C=O) groups is 2. The molecule has 2 aromatic carbocycles. The molecule has 0 saturated carbocycles. The molecule has 2 amide bonds. The van der Waals surface area contributed by atoms with Gasteiger partial charge in [-0.05, 0) is 50.6 Å². The lowest BCUT2D eigenvalue weighted by Gasteiger charge is -2.19. The molecule has 2 aromatic heterocycles. The number of fused-ring (bicyclic) bond motifs is 1. The molecular formula is C26H27N5O3. The highest BCUT2D eigenvalue weighted by atomic mass is 16.6. The predicted molar refractivity (Wildman–Crippen MR) is 135 cm³/mol. The number of hydrogen-bond donors (Lipinski definition) is 3. The molecule has 0 unspecified atom stereocenters. The Balaban J connectivity index is 1.50. The van der Waals surface area contributed by atoms with Crippen molar-refractivity contribution in [1.82, 2.24) is 14.8 Å². The molecule has 0 aliphatic rings. The summed E-state index contributed by atoms with van der Waals surface area (Å²) in [6, 6.07) is 17.0. The largest absolute Gasteiger partial charge is 0.444 e. The van der Waals surface area contributed by atoms with E-state index in [0.717, 1.165) is 22.2 Å². The molecule has 0 saturated heterocycles. The van der Waals surface area contributed by atoms with Crippen molar-refractivity contribution < 1.29 is 14.3 Å². The second-order valence-corrected chi connectivity index (χ2v) is 8.88. The van der Waals surface area contributed by atoms with E-state index in [-0.39, 0.29) is 5.91 Å². The van der Waals surface area contributed by atoms with E-state index < -0.39 is 11.7 Å². The number of hydrogen-bond acceptors (Lipinski definition) is 4. The Bertz CT molecular complexity index is 1370. The van der Waals surface area contributed by atoms with Gasteiger partial charge in [0.15, 0.2) is 0 Å². The first-order chi connectivity index (χ1) is 16.2. The molecule has 8 nitrogen and oxygen atoms in total. The van der Waals surface area contributed by atoms with Crippen LogP contribution in [0.4, 0.5) is 16.2 Å². The van der Waals surface area contributed by atoms with Crippen LogP contribution in [0.3, 0.4) is 0 Å². The molecule has 0 aliphatic carbocycles. The molecule has 4 aromatic rings. The summed E-state index contributed by atoms with van der Waals surface area (Å²) >= 11 is 0. The number of H-pyrrole nitrogens is 1. The highest BCUT2D eigenvalue weighted by Gasteiger charge is 2.18. The number of carbonyl (C=O) groups excluding carboxylic acids is 2. The second kappa shape index (κ2) is 9.27. The number of anilines is 2. The highest BCUT2D eigenvalue weighted by molar-refractivity contribution is 6.05. The van der Waals surface area contributed by atoms with Crippen LogP contribution in [0.2, 0.25) is 0 Å². The van der Waals surface area contributed by atoms with Gasteiger partial charge in [-0.2, -0.15) is 5.10 Å². The quantitative estimate of drug-likeness (QED) is 0.359. The topological polar surface area (TPSA) is 101 Å². The highest BCUT2D eigenvalue weighted by Crippen LogP contribution is 2.23. The van der Waals surface area contributed by atoms with E-state index in [2.05, 4.69) is 20.8 Å². The lowest BCUT2D eigenvalue weighted by atomic mass is 10.1. The van der Waals surface area contributed by atoms with Crippen molar-refractivity contribution in [2.24, 2.45) is 7.05 Å². The predicted octanol–water partition coefficient (Wildman–Crippen LogP) is 5.67. The third kappa shape index (κ3) is 5.35. The molecule has 0 atom stereocenters. The minimum atomic E-state index is -0.613. The number of para-hydroxylation sites is 2. The number of nitrogens with one attached hydrogen (secondary N) is 3. The summed E-state index contributed by atoms with van der Waals surface area (Å²) in [4.78, 5) is 25.1. The van der Waals surface area contributed by atoms with Crippen LogP contribution in [-0.4, -0.2) is 32.4 Å². The summed E-state index contributed by atoms with van der Waals surface area (Å²) in [7, 11) is 1.74.